The van der Waals surface area contributed by atoms with Crippen LogP contribution in [0.2, 0.25) is 0 Å². The molecule has 1 aromatic carbocycles. The number of benzene rings is 1. The van der Waals surface area contributed by atoms with Crippen molar-refractivity contribution in [2.45, 2.75) is 6.10 Å². The largest absolute Gasteiger partial charge is 0.491 e. The highest BCUT2D eigenvalue weighted by molar-refractivity contribution is 5.36. The van der Waals surface area contributed by atoms with Gasteiger partial charge >= 0.3 is 0 Å². The molecule has 0 amide bonds. The molecule has 1 heterocycles. The van der Waals surface area contributed by atoms with Gasteiger partial charge in [-0.2, -0.15) is 0 Å². The molecule has 0 aliphatic rings. The van der Waals surface area contributed by atoms with E-state index in [2.05, 4.69) is 10.3 Å². The van der Waals surface area contributed by atoms with Gasteiger partial charge in [-0.1, -0.05) is 0 Å². The fraction of sp³-hybridized carbons (Fsp3) is 0.214. The summed E-state index contributed by atoms with van der Waals surface area (Å²) >= 11 is 0. The molecule has 8 heteroatoms. The third-order valence-electron chi connectivity index (χ3n) is 2.75. The molecule has 0 aliphatic heterocycles. The first kappa shape index (κ1) is 15.6. The molecule has 0 bridgehead atoms. The number of nitrogens with zero attached hydrogens (tertiary/aromatic N) is 2. The second-order valence-electron chi connectivity index (χ2n) is 4.43. The molecule has 2 aromatic rings. The number of pyridine rings is 1. The first-order valence-corrected chi connectivity index (χ1v) is 6.46. The number of non-ortho nitro benzene ring substituents is 1. The van der Waals surface area contributed by atoms with Crippen LogP contribution in [0.4, 0.5) is 15.9 Å². The van der Waals surface area contributed by atoms with Crippen molar-refractivity contribution in [2.24, 2.45) is 0 Å². The first-order valence-electron chi connectivity index (χ1n) is 6.46. The number of nitro benzene ring substituents is 1. The molecule has 0 fully saturated rings. The zero-order valence-electron chi connectivity index (χ0n) is 11.5. The molecule has 2 N–H and O–H groups in total. The van der Waals surface area contributed by atoms with E-state index in [-0.39, 0.29) is 24.7 Å². The third kappa shape index (κ3) is 4.38. The van der Waals surface area contributed by atoms with Gasteiger partial charge < -0.3 is 15.2 Å². The summed E-state index contributed by atoms with van der Waals surface area (Å²) in [5.74, 6) is -0.0588. The Labute approximate surface area is 125 Å². The average molecular weight is 307 g/mol. The molecule has 0 aliphatic carbocycles. The fourth-order valence-electron chi connectivity index (χ4n) is 1.65. The van der Waals surface area contributed by atoms with Crippen molar-refractivity contribution in [3.8, 4) is 5.75 Å². The van der Waals surface area contributed by atoms with Crippen LogP contribution >= 0.6 is 0 Å². The van der Waals surface area contributed by atoms with Crippen molar-refractivity contribution in [3.05, 3.63) is 58.5 Å². The minimum absolute atomic E-state index is 0.0415. The van der Waals surface area contributed by atoms with Crippen LogP contribution in [0.25, 0.3) is 0 Å². The molecule has 0 spiro atoms. The Bertz CT molecular complexity index is 636. The van der Waals surface area contributed by atoms with E-state index >= 15 is 0 Å². The highest BCUT2D eigenvalue weighted by Gasteiger charge is 2.09. The van der Waals surface area contributed by atoms with Crippen LogP contribution in [0.3, 0.4) is 0 Å². The van der Waals surface area contributed by atoms with Crippen LogP contribution in [0.5, 0.6) is 5.75 Å². The lowest BCUT2D eigenvalue weighted by Gasteiger charge is -2.13. The Morgan fingerprint density at radius 2 is 2.09 bits per heavy atom. The van der Waals surface area contributed by atoms with Gasteiger partial charge in [-0.05, 0) is 24.3 Å². The Morgan fingerprint density at radius 3 is 2.73 bits per heavy atom. The van der Waals surface area contributed by atoms with E-state index < -0.39 is 16.8 Å². The molecular formula is C14H14FN3O4. The van der Waals surface area contributed by atoms with E-state index in [1.165, 1.54) is 42.6 Å². The quantitative estimate of drug-likeness (QED) is 0.599. The van der Waals surface area contributed by atoms with Crippen LogP contribution in [0.1, 0.15) is 0 Å². The van der Waals surface area contributed by atoms with Crippen LogP contribution in [0.15, 0.2) is 42.6 Å². The lowest BCUT2D eigenvalue weighted by Crippen LogP contribution is -2.26. The number of aliphatic hydroxyl groups excluding tert-OH is 1. The first-order chi connectivity index (χ1) is 10.6. The van der Waals surface area contributed by atoms with Gasteiger partial charge in [0.1, 0.15) is 18.5 Å². The number of rotatable bonds is 7. The van der Waals surface area contributed by atoms with Crippen LogP contribution in [-0.4, -0.2) is 34.3 Å². The minimum Gasteiger partial charge on any atom is -0.491 e. The summed E-state index contributed by atoms with van der Waals surface area (Å²) in [6.07, 6.45) is 0.544. The zero-order valence-corrected chi connectivity index (χ0v) is 11.5. The van der Waals surface area contributed by atoms with E-state index in [0.717, 1.165) is 0 Å². The number of nitrogens with one attached hydrogen (secondary N) is 1. The van der Waals surface area contributed by atoms with Crippen molar-refractivity contribution in [1.29, 1.82) is 0 Å². The summed E-state index contributed by atoms with van der Waals surface area (Å²) in [5.41, 5.74) is -0.0415. The van der Waals surface area contributed by atoms with Crippen molar-refractivity contribution < 1.29 is 19.2 Å². The average Bonchev–Trinajstić information content (AvgIpc) is 2.52. The van der Waals surface area contributed by atoms with Gasteiger partial charge in [-0.15, -0.1) is 0 Å². The molecule has 0 radical (unpaired) electrons. The molecule has 22 heavy (non-hydrogen) atoms. The number of aromatic nitrogens is 1. The molecule has 0 saturated carbocycles. The summed E-state index contributed by atoms with van der Waals surface area (Å²) in [4.78, 5) is 13.8. The van der Waals surface area contributed by atoms with E-state index in [1.54, 1.807) is 0 Å². The normalized spacial score (nSPS) is 11.7. The molecule has 116 valence electrons. The lowest BCUT2D eigenvalue weighted by molar-refractivity contribution is -0.384. The zero-order chi connectivity index (χ0) is 15.9. The van der Waals surface area contributed by atoms with Gasteiger partial charge in [0.05, 0.1) is 4.92 Å². The summed E-state index contributed by atoms with van der Waals surface area (Å²) in [7, 11) is 0. The maximum Gasteiger partial charge on any atom is 0.269 e. The number of hydrogen-bond acceptors (Lipinski definition) is 6. The molecule has 7 nitrogen and oxygen atoms in total. The van der Waals surface area contributed by atoms with Gasteiger partial charge in [0, 0.05) is 24.9 Å². The van der Waals surface area contributed by atoms with Gasteiger partial charge in [0.15, 0.2) is 11.6 Å². The van der Waals surface area contributed by atoms with Crippen LogP contribution in [0, 0.1) is 15.9 Å². The SMILES string of the molecule is O=[N+]([O-])c1ccc(OCC(O)CNc2ncccc2F)cc1. The van der Waals surface area contributed by atoms with Gasteiger partial charge in [-0.3, -0.25) is 10.1 Å². The highest BCUT2D eigenvalue weighted by Crippen LogP contribution is 2.17. The second-order valence-corrected chi connectivity index (χ2v) is 4.43. The number of ether oxygens (including phenoxy) is 1. The summed E-state index contributed by atoms with van der Waals surface area (Å²) < 4.78 is 18.6. The molecule has 1 aromatic heterocycles. The van der Waals surface area contributed by atoms with E-state index in [9.17, 15) is 19.6 Å². The molecular weight excluding hydrogens is 293 g/mol. The molecule has 0 saturated heterocycles. The second kappa shape index (κ2) is 7.32. The summed E-state index contributed by atoms with van der Waals surface area (Å²) in [6, 6.07) is 8.23. The molecule has 1 unspecified atom stereocenters. The number of halogens is 1. The standard InChI is InChI=1S/C14H14FN3O4/c15-13-2-1-7-16-14(13)17-8-11(19)9-22-12-5-3-10(4-6-12)18(20)21/h1-7,11,19H,8-9H2,(H,16,17). The number of nitro groups is 1. The van der Waals surface area contributed by atoms with Crippen molar-refractivity contribution in [2.75, 3.05) is 18.5 Å². The highest BCUT2D eigenvalue weighted by atomic mass is 19.1. The lowest BCUT2D eigenvalue weighted by atomic mass is 10.3. The fourth-order valence-corrected chi connectivity index (χ4v) is 1.65. The van der Waals surface area contributed by atoms with E-state index in [0.29, 0.717) is 5.75 Å². The van der Waals surface area contributed by atoms with E-state index in [4.69, 9.17) is 4.74 Å². The monoisotopic (exact) mass is 307 g/mol. The van der Waals surface area contributed by atoms with E-state index in [1.807, 2.05) is 0 Å². The number of anilines is 1. The Balaban J connectivity index is 1.79. The van der Waals surface area contributed by atoms with Crippen molar-refractivity contribution in [1.82, 2.24) is 4.98 Å². The molecule has 2 rings (SSSR count). The third-order valence-corrected chi connectivity index (χ3v) is 2.75. The predicted octanol–water partition coefficient (Wildman–Crippen LogP) is 1.98. The maximum absolute atomic E-state index is 13.3. The van der Waals surface area contributed by atoms with Crippen molar-refractivity contribution in [3.63, 3.8) is 0 Å². The Kier molecular flexibility index (Phi) is 5.21. The molecule has 1 atom stereocenters. The Morgan fingerprint density at radius 1 is 1.36 bits per heavy atom. The van der Waals surface area contributed by atoms with Gasteiger partial charge in [-0.25, -0.2) is 9.37 Å². The van der Waals surface area contributed by atoms with Crippen molar-refractivity contribution >= 4 is 11.5 Å². The Hall–Kier alpha value is -2.74. The van der Waals surface area contributed by atoms with Crippen LogP contribution < -0.4 is 10.1 Å². The van der Waals surface area contributed by atoms with Gasteiger partial charge in [0.2, 0.25) is 0 Å². The smallest absolute Gasteiger partial charge is 0.269 e. The minimum atomic E-state index is -0.892. The predicted molar refractivity (Wildman–Crippen MR) is 77.3 cm³/mol. The number of hydrogen-bond donors (Lipinski definition) is 2. The number of aliphatic hydroxyl groups is 1. The van der Waals surface area contributed by atoms with Crippen LogP contribution in [-0.2, 0) is 0 Å². The van der Waals surface area contributed by atoms with Gasteiger partial charge in [0.25, 0.3) is 5.69 Å². The maximum atomic E-state index is 13.3. The summed E-state index contributed by atoms with van der Waals surface area (Å²) in [6.45, 7) is 0.0141. The summed E-state index contributed by atoms with van der Waals surface area (Å²) in [5, 5.41) is 22.9. The topological polar surface area (TPSA) is 97.5 Å².